The van der Waals surface area contributed by atoms with Crippen LogP contribution < -0.4 is 5.32 Å². The number of nitrogens with zero attached hydrogens (tertiary/aromatic N) is 4. The molecule has 0 unspecified atom stereocenters. The first-order valence-corrected chi connectivity index (χ1v) is 10.4. The van der Waals surface area contributed by atoms with Crippen LogP contribution in [0.4, 0.5) is 0 Å². The van der Waals surface area contributed by atoms with Crippen LogP contribution >= 0.6 is 0 Å². The maximum atomic E-state index is 12.4. The first-order chi connectivity index (χ1) is 14.6. The van der Waals surface area contributed by atoms with Gasteiger partial charge in [0, 0.05) is 36.8 Å². The van der Waals surface area contributed by atoms with Gasteiger partial charge in [0.25, 0.3) is 0 Å². The molecule has 7 nitrogen and oxygen atoms in total. The van der Waals surface area contributed by atoms with E-state index < -0.39 is 0 Å². The number of hydrogen-bond acceptors (Lipinski definition) is 6. The zero-order chi connectivity index (χ0) is 20.9. The van der Waals surface area contributed by atoms with Gasteiger partial charge in [-0.1, -0.05) is 44.2 Å². The number of pyridine rings is 1. The molecule has 30 heavy (non-hydrogen) atoms. The van der Waals surface area contributed by atoms with E-state index in [-0.39, 0.29) is 17.9 Å². The van der Waals surface area contributed by atoms with Gasteiger partial charge < -0.3 is 9.73 Å². The van der Waals surface area contributed by atoms with Gasteiger partial charge in [-0.25, -0.2) is 0 Å². The van der Waals surface area contributed by atoms with Crippen molar-refractivity contribution in [1.82, 2.24) is 25.4 Å². The van der Waals surface area contributed by atoms with Crippen LogP contribution in [0.1, 0.15) is 37.6 Å². The van der Waals surface area contributed by atoms with Gasteiger partial charge in [0.1, 0.15) is 0 Å². The Morgan fingerprint density at radius 2 is 2.03 bits per heavy atom. The van der Waals surface area contributed by atoms with Crippen molar-refractivity contribution >= 4 is 5.91 Å². The minimum absolute atomic E-state index is 0.0387. The molecule has 3 aromatic rings. The lowest BCUT2D eigenvalue weighted by molar-refractivity contribution is -0.125. The summed E-state index contributed by atoms with van der Waals surface area (Å²) in [5.74, 6) is 1.37. The summed E-state index contributed by atoms with van der Waals surface area (Å²) in [6.45, 7) is 6.04. The maximum Gasteiger partial charge on any atom is 0.249 e. The van der Waals surface area contributed by atoms with Gasteiger partial charge in [-0.3, -0.25) is 14.7 Å². The Labute approximate surface area is 176 Å². The van der Waals surface area contributed by atoms with E-state index in [9.17, 15) is 4.79 Å². The fourth-order valence-electron chi connectivity index (χ4n) is 3.87. The SMILES string of the molecule is CC(C)C(=O)N[C@H]1CN(Cc2nnc(-c3cccnc3)o2)CC[C@H]1c1ccccc1. The van der Waals surface area contributed by atoms with Gasteiger partial charge in [0.15, 0.2) is 0 Å². The second-order valence-electron chi connectivity index (χ2n) is 8.05. The number of aromatic nitrogens is 3. The molecule has 1 aromatic carbocycles. The topological polar surface area (TPSA) is 84.2 Å². The molecule has 4 rings (SSSR count). The molecule has 2 atom stereocenters. The van der Waals surface area contributed by atoms with E-state index >= 15 is 0 Å². The summed E-state index contributed by atoms with van der Waals surface area (Å²) in [6, 6.07) is 14.2. The molecule has 7 heteroatoms. The predicted octanol–water partition coefficient (Wildman–Crippen LogP) is 3.26. The Hall–Kier alpha value is -3.06. The minimum Gasteiger partial charge on any atom is -0.419 e. The number of carbonyl (C=O) groups is 1. The number of hydrogen-bond donors (Lipinski definition) is 1. The van der Waals surface area contributed by atoms with Crippen LogP contribution in [0.5, 0.6) is 0 Å². The van der Waals surface area contributed by atoms with Crippen LogP contribution in [-0.4, -0.2) is 45.1 Å². The van der Waals surface area contributed by atoms with E-state index in [1.165, 1.54) is 5.56 Å². The summed E-state index contributed by atoms with van der Waals surface area (Å²) >= 11 is 0. The second kappa shape index (κ2) is 9.17. The highest BCUT2D eigenvalue weighted by Crippen LogP contribution is 2.29. The van der Waals surface area contributed by atoms with Gasteiger partial charge >= 0.3 is 0 Å². The molecular weight excluding hydrogens is 378 g/mol. The van der Waals surface area contributed by atoms with Crippen molar-refractivity contribution in [2.45, 2.75) is 38.8 Å². The minimum atomic E-state index is -0.0465. The number of likely N-dealkylation sites (tertiary alicyclic amines) is 1. The molecule has 0 aliphatic carbocycles. The number of rotatable bonds is 6. The van der Waals surface area contributed by atoms with Crippen LogP contribution in [0.15, 0.2) is 59.3 Å². The average Bonchev–Trinajstić information content (AvgIpc) is 3.23. The third kappa shape index (κ3) is 4.74. The lowest BCUT2D eigenvalue weighted by Crippen LogP contribution is -2.52. The quantitative estimate of drug-likeness (QED) is 0.678. The van der Waals surface area contributed by atoms with Gasteiger partial charge in [0.05, 0.1) is 12.1 Å². The van der Waals surface area contributed by atoms with E-state index in [2.05, 4.69) is 49.7 Å². The highest BCUT2D eigenvalue weighted by Gasteiger charge is 2.32. The number of carbonyl (C=O) groups excluding carboxylic acids is 1. The number of nitrogens with one attached hydrogen (secondary N) is 1. The summed E-state index contributed by atoms with van der Waals surface area (Å²) in [5.41, 5.74) is 2.07. The lowest BCUT2D eigenvalue weighted by Gasteiger charge is -2.39. The molecular formula is C23H27N5O2. The van der Waals surface area contributed by atoms with E-state index in [1.54, 1.807) is 12.4 Å². The lowest BCUT2D eigenvalue weighted by atomic mass is 9.85. The predicted molar refractivity (Wildman–Crippen MR) is 113 cm³/mol. The Morgan fingerprint density at radius 3 is 2.77 bits per heavy atom. The summed E-state index contributed by atoms with van der Waals surface area (Å²) in [5, 5.41) is 11.6. The number of benzene rings is 1. The Morgan fingerprint density at radius 1 is 1.20 bits per heavy atom. The monoisotopic (exact) mass is 405 g/mol. The summed E-state index contributed by atoms with van der Waals surface area (Å²) in [7, 11) is 0. The molecule has 1 aliphatic heterocycles. The van der Waals surface area contributed by atoms with Crippen molar-refractivity contribution in [3.8, 4) is 11.5 Å². The summed E-state index contributed by atoms with van der Waals surface area (Å²) in [6.07, 6.45) is 4.38. The highest BCUT2D eigenvalue weighted by atomic mass is 16.4. The largest absolute Gasteiger partial charge is 0.419 e. The van der Waals surface area contributed by atoms with E-state index in [0.29, 0.717) is 24.2 Å². The molecule has 0 bridgehead atoms. The summed E-state index contributed by atoms with van der Waals surface area (Å²) < 4.78 is 5.85. The Bertz CT molecular complexity index is 958. The van der Waals surface area contributed by atoms with Gasteiger partial charge in [-0.05, 0) is 30.7 Å². The highest BCUT2D eigenvalue weighted by molar-refractivity contribution is 5.78. The summed E-state index contributed by atoms with van der Waals surface area (Å²) in [4.78, 5) is 18.8. The maximum absolute atomic E-state index is 12.4. The fourth-order valence-corrected chi connectivity index (χ4v) is 3.87. The third-order valence-corrected chi connectivity index (χ3v) is 5.51. The van der Waals surface area contributed by atoms with Crippen molar-refractivity contribution in [1.29, 1.82) is 0 Å². The molecule has 1 N–H and O–H groups in total. The number of amides is 1. The van der Waals surface area contributed by atoms with Crippen molar-refractivity contribution in [2.75, 3.05) is 13.1 Å². The third-order valence-electron chi connectivity index (χ3n) is 5.51. The van der Waals surface area contributed by atoms with Gasteiger partial charge in [-0.2, -0.15) is 0 Å². The normalized spacial score (nSPS) is 19.7. The molecule has 1 amide bonds. The molecule has 0 spiro atoms. The van der Waals surface area contributed by atoms with E-state index in [1.807, 2.05) is 32.0 Å². The molecule has 0 saturated carbocycles. The van der Waals surface area contributed by atoms with Gasteiger partial charge in [0.2, 0.25) is 17.7 Å². The van der Waals surface area contributed by atoms with Crippen molar-refractivity contribution < 1.29 is 9.21 Å². The van der Waals surface area contributed by atoms with Crippen LogP contribution in [-0.2, 0) is 11.3 Å². The molecule has 156 valence electrons. The van der Waals surface area contributed by atoms with E-state index in [4.69, 9.17) is 4.42 Å². The molecule has 1 fully saturated rings. The van der Waals surface area contributed by atoms with Crippen LogP contribution in [0, 0.1) is 5.92 Å². The number of piperidine rings is 1. The van der Waals surface area contributed by atoms with Crippen molar-refractivity contribution in [2.24, 2.45) is 5.92 Å². The van der Waals surface area contributed by atoms with E-state index in [0.717, 1.165) is 25.1 Å². The smallest absolute Gasteiger partial charge is 0.249 e. The van der Waals surface area contributed by atoms with Crippen molar-refractivity contribution in [3.63, 3.8) is 0 Å². The Kier molecular flexibility index (Phi) is 6.18. The van der Waals surface area contributed by atoms with Gasteiger partial charge in [-0.15, -0.1) is 10.2 Å². The molecule has 0 radical (unpaired) electrons. The average molecular weight is 406 g/mol. The standard InChI is InChI=1S/C23H27N5O2/c1-16(2)22(29)25-20-14-28(12-10-19(20)17-7-4-3-5-8-17)15-21-26-27-23(30-21)18-9-6-11-24-13-18/h3-9,11,13,16,19-20H,10,12,14-15H2,1-2H3,(H,25,29)/t19-,20-/m0/s1. The van der Waals surface area contributed by atoms with Crippen LogP contribution in [0.2, 0.25) is 0 Å². The zero-order valence-electron chi connectivity index (χ0n) is 17.4. The first kappa shape index (κ1) is 20.2. The second-order valence-corrected chi connectivity index (χ2v) is 8.05. The van der Waals surface area contributed by atoms with Crippen LogP contribution in [0.3, 0.4) is 0 Å². The molecule has 1 saturated heterocycles. The molecule has 2 aromatic heterocycles. The van der Waals surface area contributed by atoms with Crippen molar-refractivity contribution in [3.05, 3.63) is 66.3 Å². The molecule has 3 heterocycles. The first-order valence-electron chi connectivity index (χ1n) is 10.4. The molecule has 1 aliphatic rings. The Balaban J connectivity index is 1.47. The zero-order valence-corrected chi connectivity index (χ0v) is 17.4. The van der Waals surface area contributed by atoms with Crippen LogP contribution in [0.25, 0.3) is 11.5 Å². The fraction of sp³-hybridized carbons (Fsp3) is 0.391.